The quantitative estimate of drug-likeness (QED) is 0.656. The lowest BCUT2D eigenvalue weighted by molar-refractivity contribution is 0.0317. The van der Waals surface area contributed by atoms with Crippen molar-refractivity contribution in [1.29, 1.82) is 0 Å². The molecule has 0 aliphatic heterocycles. The van der Waals surface area contributed by atoms with E-state index in [1.165, 1.54) is 0 Å². The topological polar surface area (TPSA) is 41.5 Å². The van der Waals surface area contributed by atoms with Gasteiger partial charge in [-0.25, -0.2) is 0 Å². The normalized spacial score (nSPS) is 15.6. The summed E-state index contributed by atoms with van der Waals surface area (Å²) in [7, 11) is 0. The van der Waals surface area contributed by atoms with Crippen LogP contribution in [0.15, 0.2) is 30.3 Å². The Labute approximate surface area is 129 Å². The van der Waals surface area contributed by atoms with Crippen molar-refractivity contribution in [2.24, 2.45) is 0 Å². The first-order valence-corrected chi connectivity index (χ1v) is 8.21. The van der Waals surface area contributed by atoms with Crippen molar-refractivity contribution in [3.8, 4) is 0 Å². The molecule has 0 saturated carbocycles. The van der Waals surface area contributed by atoms with Gasteiger partial charge >= 0.3 is 0 Å². The van der Waals surface area contributed by atoms with E-state index in [-0.39, 0.29) is 12.7 Å². The minimum absolute atomic E-state index is 0.0858. The van der Waals surface area contributed by atoms with Gasteiger partial charge in [0.2, 0.25) is 0 Å². The Balaban J connectivity index is 2.72. The lowest BCUT2D eigenvalue weighted by Gasteiger charge is -2.34. The highest BCUT2D eigenvalue weighted by atomic mass is 16.5. The van der Waals surface area contributed by atoms with Crippen LogP contribution in [0.3, 0.4) is 0 Å². The fraction of sp³-hybridized carbons (Fsp3) is 0.667. The zero-order valence-corrected chi connectivity index (χ0v) is 13.8. The molecule has 0 spiro atoms. The van der Waals surface area contributed by atoms with Crippen LogP contribution in [0.5, 0.6) is 0 Å². The Morgan fingerprint density at radius 2 is 1.90 bits per heavy atom. The van der Waals surface area contributed by atoms with Gasteiger partial charge in [-0.2, -0.15) is 0 Å². The van der Waals surface area contributed by atoms with Gasteiger partial charge in [0.05, 0.1) is 18.2 Å². The zero-order chi connectivity index (χ0) is 15.6. The van der Waals surface area contributed by atoms with Crippen LogP contribution in [0.4, 0.5) is 0 Å². The summed E-state index contributed by atoms with van der Waals surface area (Å²) in [6.45, 7) is 8.06. The first kappa shape index (κ1) is 18.1. The molecule has 120 valence electrons. The monoisotopic (exact) mass is 293 g/mol. The van der Waals surface area contributed by atoms with Crippen LogP contribution in [0.2, 0.25) is 0 Å². The van der Waals surface area contributed by atoms with Gasteiger partial charge in [-0.15, -0.1) is 0 Å². The number of rotatable bonds is 11. The van der Waals surface area contributed by atoms with E-state index in [4.69, 9.17) is 4.74 Å². The van der Waals surface area contributed by atoms with Crippen LogP contribution in [0.1, 0.15) is 52.0 Å². The number of aliphatic hydroxyl groups excluding tert-OH is 1. The molecule has 0 aromatic heterocycles. The van der Waals surface area contributed by atoms with Crippen LogP contribution in [-0.4, -0.2) is 31.0 Å². The maximum atomic E-state index is 10.0. The van der Waals surface area contributed by atoms with Gasteiger partial charge < -0.3 is 15.2 Å². The molecule has 0 saturated heterocycles. The highest BCUT2D eigenvalue weighted by molar-refractivity contribution is 5.24. The van der Waals surface area contributed by atoms with Crippen LogP contribution in [-0.2, 0) is 10.3 Å². The average Bonchev–Trinajstić information content (AvgIpc) is 2.52. The fourth-order valence-electron chi connectivity index (χ4n) is 2.61. The van der Waals surface area contributed by atoms with Crippen molar-refractivity contribution in [1.82, 2.24) is 5.32 Å². The maximum Gasteiger partial charge on any atom is 0.0691 e. The molecule has 0 bridgehead atoms. The van der Waals surface area contributed by atoms with Gasteiger partial charge in [-0.3, -0.25) is 0 Å². The number of hydrogen-bond acceptors (Lipinski definition) is 3. The molecular weight excluding hydrogens is 262 g/mol. The van der Waals surface area contributed by atoms with Gasteiger partial charge in [-0.05, 0) is 38.3 Å². The molecule has 0 heterocycles. The third kappa shape index (κ3) is 5.77. The third-order valence-corrected chi connectivity index (χ3v) is 3.94. The van der Waals surface area contributed by atoms with Crippen molar-refractivity contribution in [3.63, 3.8) is 0 Å². The van der Waals surface area contributed by atoms with Crippen molar-refractivity contribution < 1.29 is 9.84 Å². The van der Waals surface area contributed by atoms with E-state index >= 15 is 0 Å². The summed E-state index contributed by atoms with van der Waals surface area (Å²) in [5, 5.41) is 13.5. The first-order chi connectivity index (χ1) is 10.2. The molecule has 1 aromatic rings. The highest BCUT2D eigenvalue weighted by Crippen LogP contribution is 2.25. The Morgan fingerprint density at radius 3 is 2.48 bits per heavy atom. The van der Waals surface area contributed by atoms with E-state index in [0.29, 0.717) is 6.61 Å². The van der Waals surface area contributed by atoms with E-state index in [0.717, 1.165) is 37.8 Å². The minimum atomic E-state index is -0.400. The Morgan fingerprint density at radius 1 is 1.19 bits per heavy atom. The van der Waals surface area contributed by atoms with Crippen molar-refractivity contribution in [3.05, 3.63) is 35.9 Å². The summed E-state index contributed by atoms with van der Waals surface area (Å²) < 4.78 is 5.89. The predicted molar refractivity (Wildman–Crippen MR) is 88.4 cm³/mol. The second kappa shape index (κ2) is 9.93. The molecule has 3 nitrogen and oxygen atoms in total. The number of ether oxygens (including phenoxy) is 1. The fourth-order valence-corrected chi connectivity index (χ4v) is 2.61. The largest absolute Gasteiger partial charge is 0.394 e. The molecular formula is C18H31NO2. The van der Waals surface area contributed by atoms with Crippen molar-refractivity contribution >= 4 is 0 Å². The zero-order valence-electron chi connectivity index (χ0n) is 13.8. The molecule has 1 rings (SSSR count). The lowest BCUT2D eigenvalue weighted by atomic mass is 9.87. The Hall–Kier alpha value is -0.900. The third-order valence-electron chi connectivity index (χ3n) is 3.94. The van der Waals surface area contributed by atoms with E-state index < -0.39 is 5.54 Å². The molecule has 0 amide bonds. The number of nitrogens with one attached hydrogen (secondary N) is 1. The van der Waals surface area contributed by atoms with E-state index in [1.54, 1.807) is 0 Å². The second-order valence-corrected chi connectivity index (χ2v) is 5.75. The van der Waals surface area contributed by atoms with Crippen molar-refractivity contribution in [2.75, 3.05) is 19.8 Å². The summed E-state index contributed by atoms with van der Waals surface area (Å²) in [5.74, 6) is 0. The summed E-state index contributed by atoms with van der Waals surface area (Å²) >= 11 is 0. The second-order valence-electron chi connectivity index (χ2n) is 5.75. The van der Waals surface area contributed by atoms with E-state index in [1.807, 2.05) is 18.2 Å². The highest BCUT2D eigenvalue weighted by Gasteiger charge is 2.30. The molecule has 0 aliphatic carbocycles. The molecule has 2 unspecified atom stereocenters. The Kier molecular flexibility index (Phi) is 8.58. The van der Waals surface area contributed by atoms with Gasteiger partial charge in [0.25, 0.3) is 0 Å². The smallest absolute Gasteiger partial charge is 0.0691 e. The molecule has 1 aromatic carbocycles. The SMILES string of the molecule is CCCNC(CO)(CCOC(C)CCC)c1ccccc1. The standard InChI is InChI=1S/C18H31NO2/c1-4-9-16(3)21-14-12-18(15-20,19-13-5-2)17-10-7-6-8-11-17/h6-8,10-11,16,19-20H,4-5,9,12-15H2,1-3H3. The Bertz CT molecular complexity index is 369. The van der Waals surface area contributed by atoms with E-state index in [2.05, 4.69) is 38.2 Å². The van der Waals surface area contributed by atoms with Gasteiger partial charge in [-0.1, -0.05) is 50.6 Å². The summed E-state index contributed by atoms with van der Waals surface area (Å²) in [4.78, 5) is 0. The van der Waals surface area contributed by atoms with Crippen LogP contribution in [0, 0.1) is 0 Å². The molecule has 0 radical (unpaired) electrons. The number of benzene rings is 1. The molecule has 3 heteroatoms. The van der Waals surface area contributed by atoms with Crippen LogP contribution >= 0.6 is 0 Å². The predicted octanol–water partition coefficient (Wildman–Crippen LogP) is 3.47. The van der Waals surface area contributed by atoms with Crippen LogP contribution < -0.4 is 5.32 Å². The first-order valence-electron chi connectivity index (χ1n) is 8.21. The van der Waals surface area contributed by atoms with Crippen LogP contribution in [0.25, 0.3) is 0 Å². The van der Waals surface area contributed by atoms with Gasteiger partial charge in [0, 0.05) is 6.61 Å². The minimum Gasteiger partial charge on any atom is -0.394 e. The molecule has 2 atom stereocenters. The molecule has 2 N–H and O–H groups in total. The van der Waals surface area contributed by atoms with Gasteiger partial charge in [0.1, 0.15) is 0 Å². The van der Waals surface area contributed by atoms with Crippen molar-refractivity contribution in [2.45, 2.75) is 58.1 Å². The number of hydrogen-bond donors (Lipinski definition) is 2. The lowest BCUT2D eigenvalue weighted by Crippen LogP contribution is -2.47. The summed E-state index contributed by atoms with van der Waals surface area (Å²) in [6.07, 6.45) is 4.33. The molecule has 21 heavy (non-hydrogen) atoms. The average molecular weight is 293 g/mol. The maximum absolute atomic E-state index is 10.0. The molecule has 0 fully saturated rings. The number of aliphatic hydroxyl groups is 1. The summed E-state index contributed by atoms with van der Waals surface area (Å²) in [5.41, 5.74) is 0.733. The summed E-state index contributed by atoms with van der Waals surface area (Å²) in [6, 6.07) is 10.2. The van der Waals surface area contributed by atoms with E-state index in [9.17, 15) is 5.11 Å². The van der Waals surface area contributed by atoms with Gasteiger partial charge in [0.15, 0.2) is 0 Å². The molecule has 0 aliphatic rings.